The van der Waals surface area contributed by atoms with E-state index in [-0.39, 0.29) is 0 Å². The molecule has 2 atom stereocenters. The van der Waals surface area contributed by atoms with Crippen molar-refractivity contribution < 1.29 is 4.39 Å². The molecule has 0 bridgehead atoms. The standard InChI is InChI=1S/C15H17ClFN3/c1-10-2-5-14(15(16)19-10)12-7-18-20(9-12)8-11-3-4-13(17)6-11/h2,5,7,9,11,13H,3-4,6,8H2,1H3/t11?,13-/m1/s1. The van der Waals surface area contributed by atoms with Crippen LogP contribution in [0.5, 0.6) is 0 Å². The molecule has 1 unspecified atom stereocenters. The third-order valence-electron chi connectivity index (χ3n) is 3.85. The molecule has 1 aliphatic carbocycles. The van der Waals surface area contributed by atoms with Crippen LogP contribution in [-0.2, 0) is 6.54 Å². The fourth-order valence-electron chi connectivity index (χ4n) is 2.79. The zero-order chi connectivity index (χ0) is 14.1. The number of halogens is 2. The molecular formula is C15H17ClFN3. The fourth-order valence-corrected chi connectivity index (χ4v) is 3.09. The highest BCUT2D eigenvalue weighted by Gasteiger charge is 2.24. The second-order valence-corrected chi connectivity index (χ2v) is 5.88. The largest absolute Gasteiger partial charge is 0.272 e. The van der Waals surface area contributed by atoms with Crippen LogP contribution in [0.2, 0.25) is 5.15 Å². The highest BCUT2D eigenvalue weighted by Crippen LogP contribution is 2.30. The van der Waals surface area contributed by atoms with Gasteiger partial charge in [0, 0.05) is 29.6 Å². The number of rotatable bonds is 3. The summed E-state index contributed by atoms with van der Waals surface area (Å²) in [7, 11) is 0. The van der Waals surface area contributed by atoms with Crippen molar-refractivity contribution in [3.63, 3.8) is 0 Å². The first-order valence-electron chi connectivity index (χ1n) is 6.92. The molecule has 2 aromatic rings. The van der Waals surface area contributed by atoms with Crippen molar-refractivity contribution >= 4 is 11.6 Å². The van der Waals surface area contributed by atoms with E-state index in [9.17, 15) is 4.39 Å². The van der Waals surface area contributed by atoms with E-state index in [1.165, 1.54) is 0 Å². The molecule has 3 rings (SSSR count). The van der Waals surface area contributed by atoms with E-state index in [0.29, 0.717) is 23.9 Å². The predicted octanol–water partition coefficient (Wildman–Crippen LogP) is 4.05. The lowest BCUT2D eigenvalue weighted by Gasteiger charge is -2.08. The molecule has 5 heteroatoms. The van der Waals surface area contributed by atoms with E-state index >= 15 is 0 Å². The Balaban J connectivity index is 1.76. The van der Waals surface area contributed by atoms with E-state index < -0.39 is 6.17 Å². The van der Waals surface area contributed by atoms with Crippen LogP contribution in [0.1, 0.15) is 25.0 Å². The fraction of sp³-hybridized carbons (Fsp3) is 0.467. The highest BCUT2D eigenvalue weighted by molar-refractivity contribution is 6.32. The SMILES string of the molecule is Cc1ccc(-c2cnn(CC3CC[C@@H](F)C3)c2)c(Cl)n1. The molecule has 0 aliphatic heterocycles. The molecule has 2 aromatic heterocycles. The van der Waals surface area contributed by atoms with E-state index in [4.69, 9.17) is 11.6 Å². The van der Waals surface area contributed by atoms with Gasteiger partial charge >= 0.3 is 0 Å². The van der Waals surface area contributed by atoms with E-state index in [2.05, 4.69) is 10.1 Å². The summed E-state index contributed by atoms with van der Waals surface area (Å²) in [6.45, 7) is 2.68. The zero-order valence-electron chi connectivity index (χ0n) is 11.4. The van der Waals surface area contributed by atoms with Crippen molar-refractivity contribution in [3.8, 4) is 11.1 Å². The molecule has 0 N–H and O–H groups in total. The smallest absolute Gasteiger partial charge is 0.137 e. The van der Waals surface area contributed by atoms with Crippen molar-refractivity contribution in [1.29, 1.82) is 0 Å². The Morgan fingerprint density at radius 2 is 2.25 bits per heavy atom. The van der Waals surface area contributed by atoms with Gasteiger partial charge in [0.2, 0.25) is 0 Å². The third kappa shape index (κ3) is 2.85. The van der Waals surface area contributed by atoms with Gasteiger partial charge in [-0.05, 0) is 44.2 Å². The Hall–Kier alpha value is -1.42. The zero-order valence-corrected chi connectivity index (χ0v) is 12.1. The van der Waals surface area contributed by atoms with Gasteiger partial charge in [-0.25, -0.2) is 9.37 Å². The first-order valence-corrected chi connectivity index (χ1v) is 7.29. The number of hydrogen-bond acceptors (Lipinski definition) is 2. The summed E-state index contributed by atoms with van der Waals surface area (Å²) in [5.41, 5.74) is 2.74. The van der Waals surface area contributed by atoms with E-state index in [1.807, 2.05) is 29.9 Å². The van der Waals surface area contributed by atoms with E-state index in [1.54, 1.807) is 6.20 Å². The topological polar surface area (TPSA) is 30.7 Å². The Labute approximate surface area is 122 Å². The maximum Gasteiger partial charge on any atom is 0.137 e. The maximum atomic E-state index is 13.2. The summed E-state index contributed by atoms with van der Waals surface area (Å²) in [5, 5.41) is 4.85. The minimum Gasteiger partial charge on any atom is -0.272 e. The number of pyridine rings is 1. The minimum absolute atomic E-state index is 0.393. The Morgan fingerprint density at radius 1 is 1.40 bits per heavy atom. The molecule has 3 nitrogen and oxygen atoms in total. The van der Waals surface area contributed by atoms with Crippen LogP contribution >= 0.6 is 11.6 Å². The number of aryl methyl sites for hydroxylation is 1. The Bertz CT molecular complexity index is 611. The van der Waals surface area contributed by atoms with Crippen LogP contribution in [0.25, 0.3) is 11.1 Å². The van der Waals surface area contributed by atoms with Crippen LogP contribution in [0.3, 0.4) is 0 Å². The molecule has 1 fully saturated rings. The van der Waals surface area contributed by atoms with Gasteiger partial charge in [-0.2, -0.15) is 5.10 Å². The quantitative estimate of drug-likeness (QED) is 0.800. The Kier molecular flexibility index (Phi) is 3.74. The lowest BCUT2D eigenvalue weighted by Crippen LogP contribution is -2.08. The number of hydrogen-bond donors (Lipinski definition) is 0. The molecule has 0 spiro atoms. The van der Waals surface area contributed by atoms with Crippen LogP contribution in [-0.4, -0.2) is 20.9 Å². The number of aromatic nitrogens is 3. The second-order valence-electron chi connectivity index (χ2n) is 5.52. The summed E-state index contributed by atoms with van der Waals surface area (Å²) in [6.07, 6.45) is 5.41. The summed E-state index contributed by atoms with van der Waals surface area (Å²) in [6, 6.07) is 3.89. The van der Waals surface area contributed by atoms with Crippen molar-refractivity contribution in [1.82, 2.24) is 14.8 Å². The Morgan fingerprint density at radius 3 is 2.95 bits per heavy atom. The van der Waals surface area contributed by atoms with Gasteiger partial charge < -0.3 is 0 Å². The second kappa shape index (κ2) is 5.52. The van der Waals surface area contributed by atoms with Gasteiger partial charge in [0.25, 0.3) is 0 Å². The predicted molar refractivity (Wildman–Crippen MR) is 77.4 cm³/mol. The van der Waals surface area contributed by atoms with E-state index in [0.717, 1.165) is 29.8 Å². The molecule has 0 aromatic carbocycles. The molecule has 0 amide bonds. The van der Waals surface area contributed by atoms with Gasteiger partial charge in [-0.15, -0.1) is 0 Å². The number of nitrogens with zero attached hydrogens (tertiary/aromatic N) is 3. The lowest BCUT2D eigenvalue weighted by molar-refractivity contribution is 0.320. The average Bonchev–Trinajstić information content (AvgIpc) is 2.99. The molecule has 1 saturated carbocycles. The molecule has 2 heterocycles. The van der Waals surface area contributed by atoms with Crippen LogP contribution in [0.4, 0.5) is 4.39 Å². The molecular weight excluding hydrogens is 277 g/mol. The summed E-state index contributed by atoms with van der Waals surface area (Å²) in [5.74, 6) is 0.393. The molecule has 20 heavy (non-hydrogen) atoms. The van der Waals surface area contributed by atoms with Crippen molar-refractivity contribution in [2.24, 2.45) is 5.92 Å². The van der Waals surface area contributed by atoms with Crippen molar-refractivity contribution in [3.05, 3.63) is 35.4 Å². The lowest BCUT2D eigenvalue weighted by atomic mass is 10.1. The molecule has 106 valence electrons. The van der Waals surface area contributed by atoms with Crippen LogP contribution < -0.4 is 0 Å². The van der Waals surface area contributed by atoms with Crippen molar-refractivity contribution in [2.75, 3.05) is 0 Å². The average molecular weight is 294 g/mol. The van der Waals surface area contributed by atoms with Crippen LogP contribution in [0, 0.1) is 12.8 Å². The molecule has 1 aliphatic rings. The van der Waals surface area contributed by atoms with Crippen LogP contribution in [0.15, 0.2) is 24.5 Å². The maximum absolute atomic E-state index is 13.2. The molecule has 0 saturated heterocycles. The summed E-state index contributed by atoms with van der Waals surface area (Å²) in [4.78, 5) is 4.25. The summed E-state index contributed by atoms with van der Waals surface area (Å²) >= 11 is 6.16. The van der Waals surface area contributed by atoms with Gasteiger partial charge in [0.05, 0.1) is 6.20 Å². The van der Waals surface area contributed by atoms with Gasteiger partial charge in [0.15, 0.2) is 0 Å². The highest BCUT2D eigenvalue weighted by atomic mass is 35.5. The third-order valence-corrected chi connectivity index (χ3v) is 4.14. The number of alkyl halides is 1. The first kappa shape index (κ1) is 13.6. The normalized spacial score (nSPS) is 22.4. The van der Waals surface area contributed by atoms with Gasteiger partial charge in [0.1, 0.15) is 11.3 Å². The van der Waals surface area contributed by atoms with Gasteiger partial charge in [-0.1, -0.05) is 11.6 Å². The summed E-state index contributed by atoms with van der Waals surface area (Å²) < 4.78 is 15.1. The first-order chi connectivity index (χ1) is 9.61. The minimum atomic E-state index is -0.634. The van der Waals surface area contributed by atoms with Gasteiger partial charge in [-0.3, -0.25) is 4.68 Å². The monoisotopic (exact) mass is 293 g/mol. The van der Waals surface area contributed by atoms with Crippen molar-refractivity contribution in [2.45, 2.75) is 38.9 Å². The molecule has 0 radical (unpaired) electrons.